The molecule has 1 heterocycles. The van der Waals surface area contributed by atoms with Gasteiger partial charge in [0, 0.05) is 19.7 Å². The quantitative estimate of drug-likeness (QED) is 0.600. The van der Waals surface area contributed by atoms with Gasteiger partial charge in [0.25, 0.3) is 5.24 Å². The van der Waals surface area contributed by atoms with Gasteiger partial charge < -0.3 is 15.2 Å². The summed E-state index contributed by atoms with van der Waals surface area (Å²) in [5, 5.41) is 13.3. The second-order valence-corrected chi connectivity index (χ2v) is 8.74. The van der Waals surface area contributed by atoms with E-state index in [1.807, 2.05) is 6.92 Å². The number of carbonyl (C=O) groups excluding carboxylic acids is 1. The van der Waals surface area contributed by atoms with Crippen molar-refractivity contribution in [2.24, 2.45) is 17.8 Å². The Hall–Kier alpha value is -0.300. The minimum atomic E-state index is -0.748. The van der Waals surface area contributed by atoms with Crippen molar-refractivity contribution in [1.29, 1.82) is 0 Å². The smallest absolute Gasteiger partial charge is 0.276 e. The minimum Gasteiger partial charge on any atom is -0.376 e. The van der Waals surface area contributed by atoms with Gasteiger partial charge in [-0.15, -0.1) is 0 Å². The number of aliphatic hydroxyl groups excluding tert-OH is 1. The van der Waals surface area contributed by atoms with Gasteiger partial charge in [-0.25, -0.2) is 0 Å². The van der Waals surface area contributed by atoms with Gasteiger partial charge in [-0.1, -0.05) is 45.7 Å². The Labute approximate surface area is 158 Å². The van der Waals surface area contributed by atoms with Crippen molar-refractivity contribution in [1.82, 2.24) is 10.2 Å². The second-order valence-electron chi connectivity index (χ2n) is 8.33. The van der Waals surface area contributed by atoms with E-state index < -0.39 is 17.5 Å². The fourth-order valence-electron chi connectivity index (χ4n) is 4.48. The van der Waals surface area contributed by atoms with E-state index in [0.29, 0.717) is 24.4 Å². The summed E-state index contributed by atoms with van der Waals surface area (Å²) in [7, 11) is 0. The Morgan fingerprint density at radius 2 is 1.84 bits per heavy atom. The third-order valence-electron chi connectivity index (χ3n) is 5.71. The van der Waals surface area contributed by atoms with Gasteiger partial charge in [-0.2, -0.15) is 0 Å². The standard InChI is InChI=1S/C19H36N2O3S/c1-13-9-14(2)11-21(10-13)18(22)17(20-19(23)25)15(3)24-12-16-7-5-4-6-8-16/h13-18,22H,4-12H2,1-3H3,(H2,20,23,25). The average molecular weight is 373 g/mol. The summed E-state index contributed by atoms with van der Waals surface area (Å²) < 4.78 is 6.07. The molecule has 6 heteroatoms. The van der Waals surface area contributed by atoms with Crippen LogP contribution in [0.1, 0.15) is 59.3 Å². The largest absolute Gasteiger partial charge is 0.376 e. The molecule has 2 rings (SSSR count). The number of nitrogens with zero attached hydrogens (tertiary/aromatic N) is 1. The van der Waals surface area contributed by atoms with E-state index in [0.717, 1.165) is 13.1 Å². The van der Waals surface area contributed by atoms with E-state index >= 15 is 0 Å². The van der Waals surface area contributed by atoms with Gasteiger partial charge >= 0.3 is 0 Å². The van der Waals surface area contributed by atoms with E-state index in [9.17, 15) is 9.90 Å². The van der Waals surface area contributed by atoms with Crippen LogP contribution < -0.4 is 5.32 Å². The number of thiol groups is 1. The zero-order valence-electron chi connectivity index (χ0n) is 16.0. The molecule has 1 saturated carbocycles. The molecule has 5 nitrogen and oxygen atoms in total. The number of carbonyl (C=O) groups is 1. The highest BCUT2D eigenvalue weighted by atomic mass is 32.1. The molecule has 1 saturated heterocycles. The van der Waals surface area contributed by atoms with E-state index in [-0.39, 0.29) is 6.10 Å². The maximum absolute atomic E-state index is 11.5. The fraction of sp³-hybridized carbons (Fsp3) is 0.947. The van der Waals surface area contributed by atoms with Gasteiger partial charge in [0.2, 0.25) is 0 Å². The number of nitrogens with one attached hydrogen (secondary N) is 1. The lowest BCUT2D eigenvalue weighted by Crippen LogP contribution is -2.58. The minimum absolute atomic E-state index is 0.249. The molecule has 1 aliphatic carbocycles. The lowest BCUT2D eigenvalue weighted by molar-refractivity contribution is -0.0925. The highest BCUT2D eigenvalue weighted by Crippen LogP contribution is 2.26. The van der Waals surface area contributed by atoms with Crippen LogP contribution in [0.4, 0.5) is 4.79 Å². The Kier molecular flexibility index (Phi) is 8.52. The maximum atomic E-state index is 11.5. The van der Waals surface area contributed by atoms with Crippen LogP contribution in [-0.4, -0.2) is 53.3 Å². The Morgan fingerprint density at radius 1 is 1.24 bits per heavy atom. The first kappa shape index (κ1) is 21.0. The number of amides is 1. The zero-order chi connectivity index (χ0) is 18.4. The Bertz CT molecular complexity index is 407. The Balaban J connectivity index is 1.94. The van der Waals surface area contributed by atoms with E-state index in [1.165, 1.54) is 38.5 Å². The third-order valence-corrected chi connectivity index (χ3v) is 5.84. The molecule has 2 aliphatic rings. The molecule has 5 unspecified atom stereocenters. The maximum Gasteiger partial charge on any atom is 0.276 e. The van der Waals surface area contributed by atoms with Gasteiger partial charge in [0.15, 0.2) is 0 Å². The third kappa shape index (κ3) is 6.74. The lowest BCUT2D eigenvalue weighted by Gasteiger charge is -2.42. The molecule has 2 N–H and O–H groups in total. The van der Waals surface area contributed by atoms with Crippen LogP contribution in [0.25, 0.3) is 0 Å². The molecule has 0 spiro atoms. The highest BCUT2D eigenvalue weighted by Gasteiger charge is 2.35. The molecule has 2 fully saturated rings. The second kappa shape index (κ2) is 10.1. The highest BCUT2D eigenvalue weighted by molar-refractivity contribution is 7.96. The first-order valence-electron chi connectivity index (χ1n) is 9.90. The number of rotatable bonds is 7. The van der Waals surface area contributed by atoms with Crippen LogP contribution in [-0.2, 0) is 4.74 Å². The number of aliphatic hydroxyl groups is 1. The van der Waals surface area contributed by atoms with Crippen LogP contribution in [0.2, 0.25) is 0 Å². The Morgan fingerprint density at radius 3 is 2.40 bits per heavy atom. The van der Waals surface area contributed by atoms with Crippen LogP contribution in [0.5, 0.6) is 0 Å². The van der Waals surface area contributed by atoms with Crippen LogP contribution in [0.15, 0.2) is 0 Å². The molecule has 0 aromatic rings. The monoisotopic (exact) mass is 372 g/mol. The molecule has 0 radical (unpaired) electrons. The van der Waals surface area contributed by atoms with Crippen LogP contribution >= 0.6 is 12.6 Å². The van der Waals surface area contributed by atoms with Gasteiger partial charge in [-0.3, -0.25) is 9.69 Å². The predicted octanol–water partition coefficient (Wildman–Crippen LogP) is 3.28. The van der Waals surface area contributed by atoms with E-state index in [1.54, 1.807) is 0 Å². The average Bonchev–Trinajstić information content (AvgIpc) is 2.57. The molecule has 1 amide bonds. The van der Waals surface area contributed by atoms with E-state index in [4.69, 9.17) is 4.74 Å². The molecule has 0 bridgehead atoms. The van der Waals surface area contributed by atoms with Crippen LogP contribution in [0, 0.1) is 17.8 Å². The molecule has 0 aromatic carbocycles. The number of hydrogen-bond acceptors (Lipinski definition) is 4. The van der Waals surface area contributed by atoms with Crippen molar-refractivity contribution in [3.05, 3.63) is 0 Å². The molecular formula is C19H36N2O3S. The normalized spacial score (nSPS) is 29.8. The molecule has 146 valence electrons. The number of likely N-dealkylation sites (tertiary alicyclic amines) is 1. The lowest BCUT2D eigenvalue weighted by atomic mass is 9.90. The fourth-order valence-corrected chi connectivity index (χ4v) is 4.63. The summed E-state index contributed by atoms with van der Waals surface area (Å²) in [4.78, 5) is 13.6. The molecule has 0 aromatic heterocycles. The van der Waals surface area contributed by atoms with Gasteiger partial charge in [0.05, 0.1) is 12.1 Å². The molecular weight excluding hydrogens is 336 g/mol. The number of hydrogen-bond donors (Lipinski definition) is 3. The van der Waals surface area contributed by atoms with Crippen molar-refractivity contribution in [2.75, 3.05) is 19.7 Å². The van der Waals surface area contributed by atoms with Gasteiger partial charge in [-0.05, 0) is 43.9 Å². The van der Waals surface area contributed by atoms with E-state index in [2.05, 4.69) is 36.7 Å². The van der Waals surface area contributed by atoms with Gasteiger partial charge in [0.1, 0.15) is 6.23 Å². The molecule has 5 atom stereocenters. The first-order valence-corrected chi connectivity index (χ1v) is 10.3. The predicted molar refractivity (Wildman–Crippen MR) is 104 cm³/mol. The van der Waals surface area contributed by atoms with Crippen molar-refractivity contribution in [2.45, 2.75) is 77.7 Å². The number of piperidine rings is 1. The van der Waals surface area contributed by atoms with Crippen molar-refractivity contribution in [3.8, 4) is 0 Å². The molecule has 25 heavy (non-hydrogen) atoms. The summed E-state index contributed by atoms with van der Waals surface area (Å²) in [5.74, 6) is 1.70. The summed E-state index contributed by atoms with van der Waals surface area (Å²) >= 11 is 3.86. The summed E-state index contributed by atoms with van der Waals surface area (Å²) in [6.45, 7) is 8.77. The first-order chi connectivity index (χ1) is 11.9. The molecule has 1 aliphatic heterocycles. The van der Waals surface area contributed by atoms with Crippen LogP contribution in [0.3, 0.4) is 0 Å². The van der Waals surface area contributed by atoms with Crippen molar-refractivity contribution < 1.29 is 14.6 Å². The van der Waals surface area contributed by atoms with Crippen molar-refractivity contribution in [3.63, 3.8) is 0 Å². The van der Waals surface area contributed by atoms with Crippen molar-refractivity contribution >= 4 is 17.9 Å². The number of ether oxygens (including phenoxy) is 1. The topological polar surface area (TPSA) is 61.8 Å². The SMILES string of the molecule is CC1CC(C)CN(C(O)C(NC(=O)S)C(C)OCC2CCCCC2)C1. The summed E-state index contributed by atoms with van der Waals surface area (Å²) in [5.41, 5.74) is 0. The zero-order valence-corrected chi connectivity index (χ0v) is 16.9. The summed E-state index contributed by atoms with van der Waals surface area (Å²) in [6, 6.07) is -0.467. The summed E-state index contributed by atoms with van der Waals surface area (Å²) in [6.07, 6.45) is 6.52.